The molecule has 0 saturated heterocycles. The average Bonchev–Trinajstić information content (AvgIpc) is 1.99. The van der Waals surface area contributed by atoms with Crippen molar-refractivity contribution in [2.45, 2.75) is 32.8 Å². The molecule has 0 heterocycles. The van der Waals surface area contributed by atoms with Crippen molar-refractivity contribution in [3.8, 4) is 0 Å². The second kappa shape index (κ2) is 4.79. The van der Waals surface area contributed by atoms with Crippen molar-refractivity contribution >= 4 is 21.9 Å². The van der Waals surface area contributed by atoms with Crippen LogP contribution in [0.25, 0.3) is 0 Å². The van der Waals surface area contributed by atoms with Gasteiger partial charge in [-0.25, -0.2) is 0 Å². The predicted molar refractivity (Wildman–Crippen MR) is 63.7 cm³/mol. The summed E-state index contributed by atoms with van der Waals surface area (Å²) in [6, 6.07) is 7.67. The first-order chi connectivity index (χ1) is 6.87. The number of ether oxygens (including phenoxy) is 1. The standard InChI is InChI=1S/C12H15BrO2/c1-12(2,3)15-11(14)8-9-5-4-6-10(13)7-9/h4-7H,8H2,1-3H3. The van der Waals surface area contributed by atoms with Crippen LogP contribution in [0.5, 0.6) is 0 Å². The highest BCUT2D eigenvalue weighted by Crippen LogP contribution is 2.14. The van der Waals surface area contributed by atoms with Crippen LogP contribution in [0, 0.1) is 0 Å². The molecular formula is C12H15BrO2. The molecule has 3 heteroatoms. The molecule has 0 amide bonds. The maximum Gasteiger partial charge on any atom is 0.310 e. The van der Waals surface area contributed by atoms with E-state index in [9.17, 15) is 4.79 Å². The molecule has 0 saturated carbocycles. The SMILES string of the molecule is CC(C)(C)OC(=O)Cc1cccc(Br)c1. The highest BCUT2D eigenvalue weighted by Gasteiger charge is 2.16. The van der Waals surface area contributed by atoms with Gasteiger partial charge in [-0.1, -0.05) is 28.1 Å². The summed E-state index contributed by atoms with van der Waals surface area (Å²) in [4.78, 5) is 11.5. The van der Waals surface area contributed by atoms with Gasteiger partial charge in [0.05, 0.1) is 6.42 Å². The zero-order valence-corrected chi connectivity index (χ0v) is 10.8. The Labute approximate surface area is 98.8 Å². The first-order valence-electron chi connectivity index (χ1n) is 4.83. The summed E-state index contributed by atoms with van der Waals surface area (Å²) in [5.41, 5.74) is 0.543. The molecule has 0 aliphatic rings. The van der Waals surface area contributed by atoms with Crippen LogP contribution in [-0.4, -0.2) is 11.6 Å². The van der Waals surface area contributed by atoms with Crippen LogP contribution in [0.2, 0.25) is 0 Å². The Morgan fingerprint density at radius 2 is 2.07 bits per heavy atom. The van der Waals surface area contributed by atoms with Gasteiger partial charge in [-0.15, -0.1) is 0 Å². The molecule has 1 aromatic rings. The molecule has 0 fully saturated rings. The third kappa shape index (κ3) is 4.98. The van der Waals surface area contributed by atoms with Crippen molar-refractivity contribution in [2.24, 2.45) is 0 Å². The first-order valence-corrected chi connectivity index (χ1v) is 5.62. The fourth-order valence-electron chi connectivity index (χ4n) is 1.19. The van der Waals surface area contributed by atoms with Crippen LogP contribution in [0.4, 0.5) is 0 Å². The van der Waals surface area contributed by atoms with E-state index in [0.29, 0.717) is 6.42 Å². The summed E-state index contributed by atoms with van der Waals surface area (Å²) < 4.78 is 6.20. The van der Waals surface area contributed by atoms with Crippen molar-refractivity contribution in [3.63, 3.8) is 0 Å². The molecule has 0 atom stereocenters. The fraction of sp³-hybridized carbons (Fsp3) is 0.417. The van der Waals surface area contributed by atoms with Gasteiger partial charge in [0.15, 0.2) is 0 Å². The number of carbonyl (C=O) groups is 1. The van der Waals surface area contributed by atoms with Crippen LogP contribution >= 0.6 is 15.9 Å². The van der Waals surface area contributed by atoms with E-state index < -0.39 is 5.60 Å². The van der Waals surface area contributed by atoms with Crippen LogP contribution in [0.15, 0.2) is 28.7 Å². The lowest BCUT2D eigenvalue weighted by Crippen LogP contribution is -2.24. The van der Waals surface area contributed by atoms with Gasteiger partial charge in [0.2, 0.25) is 0 Å². The average molecular weight is 271 g/mol. The van der Waals surface area contributed by atoms with E-state index >= 15 is 0 Å². The second-order valence-corrected chi connectivity index (χ2v) is 5.31. The maximum absolute atomic E-state index is 11.5. The van der Waals surface area contributed by atoms with Crippen LogP contribution < -0.4 is 0 Å². The lowest BCUT2D eigenvalue weighted by Gasteiger charge is -2.19. The molecule has 1 aromatic carbocycles. The third-order valence-corrected chi connectivity index (χ3v) is 2.15. The van der Waals surface area contributed by atoms with Crippen LogP contribution in [0.3, 0.4) is 0 Å². The number of halogens is 1. The smallest absolute Gasteiger partial charge is 0.310 e. The quantitative estimate of drug-likeness (QED) is 0.771. The largest absolute Gasteiger partial charge is 0.460 e. The highest BCUT2D eigenvalue weighted by atomic mass is 79.9. The Balaban J connectivity index is 2.59. The molecule has 0 N–H and O–H groups in total. The zero-order valence-electron chi connectivity index (χ0n) is 9.21. The van der Waals surface area contributed by atoms with Gasteiger partial charge in [0.1, 0.15) is 5.60 Å². The van der Waals surface area contributed by atoms with Crippen molar-refractivity contribution in [1.29, 1.82) is 0 Å². The molecule has 0 spiro atoms. The molecule has 0 unspecified atom stereocenters. The van der Waals surface area contributed by atoms with Gasteiger partial charge in [0.25, 0.3) is 0 Å². The van der Waals surface area contributed by atoms with Crippen molar-refractivity contribution in [1.82, 2.24) is 0 Å². The monoisotopic (exact) mass is 270 g/mol. The van der Waals surface area contributed by atoms with E-state index in [1.54, 1.807) is 0 Å². The van der Waals surface area contributed by atoms with E-state index in [-0.39, 0.29) is 5.97 Å². The molecule has 0 aliphatic heterocycles. The van der Waals surface area contributed by atoms with Gasteiger partial charge >= 0.3 is 5.97 Å². The highest BCUT2D eigenvalue weighted by molar-refractivity contribution is 9.10. The third-order valence-electron chi connectivity index (χ3n) is 1.66. The minimum atomic E-state index is -0.414. The Bertz CT molecular complexity index is 353. The van der Waals surface area contributed by atoms with Gasteiger partial charge < -0.3 is 4.74 Å². The minimum Gasteiger partial charge on any atom is -0.460 e. The maximum atomic E-state index is 11.5. The Hall–Kier alpha value is -0.830. The second-order valence-electron chi connectivity index (χ2n) is 4.39. The molecule has 0 radical (unpaired) electrons. The molecule has 0 aliphatic carbocycles. The lowest BCUT2D eigenvalue weighted by atomic mass is 10.1. The Morgan fingerprint density at radius 3 is 2.60 bits per heavy atom. The summed E-state index contributed by atoms with van der Waals surface area (Å²) in [5, 5.41) is 0. The zero-order chi connectivity index (χ0) is 11.5. The summed E-state index contributed by atoms with van der Waals surface area (Å²) in [6.07, 6.45) is 0.316. The number of hydrogen-bond acceptors (Lipinski definition) is 2. The van der Waals surface area contributed by atoms with Gasteiger partial charge in [-0.05, 0) is 38.5 Å². The van der Waals surface area contributed by atoms with E-state index in [4.69, 9.17) is 4.74 Å². The summed E-state index contributed by atoms with van der Waals surface area (Å²) in [6.45, 7) is 5.60. The molecule has 1 rings (SSSR count). The fourth-order valence-corrected chi connectivity index (χ4v) is 1.64. The number of hydrogen-bond donors (Lipinski definition) is 0. The van der Waals surface area contributed by atoms with E-state index in [1.807, 2.05) is 45.0 Å². The van der Waals surface area contributed by atoms with Crippen LogP contribution in [0.1, 0.15) is 26.3 Å². The lowest BCUT2D eigenvalue weighted by molar-refractivity contribution is -0.153. The summed E-state index contributed by atoms with van der Waals surface area (Å²) in [5.74, 6) is -0.194. The molecule has 15 heavy (non-hydrogen) atoms. The van der Waals surface area contributed by atoms with E-state index in [0.717, 1.165) is 10.0 Å². The van der Waals surface area contributed by atoms with Crippen molar-refractivity contribution < 1.29 is 9.53 Å². The molecular weight excluding hydrogens is 256 g/mol. The topological polar surface area (TPSA) is 26.3 Å². The van der Waals surface area contributed by atoms with Gasteiger partial charge in [-0.3, -0.25) is 4.79 Å². The van der Waals surface area contributed by atoms with Crippen molar-refractivity contribution in [2.75, 3.05) is 0 Å². The van der Waals surface area contributed by atoms with E-state index in [2.05, 4.69) is 15.9 Å². The van der Waals surface area contributed by atoms with Crippen LogP contribution in [-0.2, 0) is 16.0 Å². The summed E-state index contributed by atoms with van der Waals surface area (Å²) in [7, 11) is 0. The van der Waals surface area contributed by atoms with E-state index in [1.165, 1.54) is 0 Å². The first kappa shape index (κ1) is 12.2. The number of esters is 1. The Morgan fingerprint density at radius 1 is 1.40 bits per heavy atom. The number of rotatable bonds is 2. The number of carbonyl (C=O) groups excluding carboxylic acids is 1. The Kier molecular flexibility index (Phi) is 3.91. The van der Waals surface area contributed by atoms with Crippen molar-refractivity contribution in [3.05, 3.63) is 34.3 Å². The minimum absolute atomic E-state index is 0.194. The van der Waals surface area contributed by atoms with Gasteiger partial charge in [-0.2, -0.15) is 0 Å². The van der Waals surface area contributed by atoms with Gasteiger partial charge in [0, 0.05) is 4.47 Å². The molecule has 0 aromatic heterocycles. The molecule has 2 nitrogen and oxygen atoms in total. The summed E-state index contributed by atoms with van der Waals surface area (Å²) >= 11 is 3.36. The predicted octanol–water partition coefficient (Wildman–Crippen LogP) is 3.33. The number of benzene rings is 1. The molecule has 0 bridgehead atoms. The normalized spacial score (nSPS) is 11.2. The molecule has 82 valence electrons.